The van der Waals surface area contributed by atoms with Gasteiger partial charge >= 0.3 is 5.97 Å². The fraction of sp³-hybridized carbons (Fsp3) is 0.300. The fourth-order valence-corrected chi connectivity index (χ4v) is 2.32. The van der Waals surface area contributed by atoms with E-state index in [0.717, 1.165) is 5.56 Å². The van der Waals surface area contributed by atoms with Gasteiger partial charge in [0.1, 0.15) is 6.61 Å². The van der Waals surface area contributed by atoms with Crippen LogP contribution in [0.5, 0.6) is 11.5 Å². The molecule has 0 spiro atoms. The van der Waals surface area contributed by atoms with Gasteiger partial charge in [-0.15, -0.1) is 0 Å². The Hall–Kier alpha value is -3.62. The van der Waals surface area contributed by atoms with Gasteiger partial charge in [-0.2, -0.15) is 0 Å². The molecular weight excluding hydrogens is 380 g/mol. The molecule has 2 rings (SSSR count). The number of benzene rings is 2. The van der Waals surface area contributed by atoms with Crippen LogP contribution in [0.4, 0.5) is 5.69 Å². The van der Waals surface area contributed by atoms with Crippen LogP contribution >= 0.6 is 0 Å². The van der Waals surface area contributed by atoms with Crippen LogP contribution < -0.4 is 9.47 Å². The first-order chi connectivity index (χ1) is 13.9. The number of hydrogen-bond acceptors (Lipinski definition) is 8. The highest BCUT2D eigenvalue weighted by Gasteiger charge is 2.11. The van der Waals surface area contributed by atoms with Gasteiger partial charge in [-0.25, -0.2) is 4.79 Å². The summed E-state index contributed by atoms with van der Waals surface area (Å²) >= 11 is 0. The monoisotopic (exact) mass is 402 g/mol. The third-order valence-corrected chi connectivity index (χ3v) is 3.81. The Morgan fingerprint density at radius 1 is 1.14 bits per heavy atom. The smallest absolute Gasteiger partial charge is 0.344 e. The van der Waals surface area contributed by atoms with Gasteiger partial charge < -0.3 is 19.0 Å². The normalized spacial score (nSPS) is 10.9. The Morgan fingerprint density at radius 2 is 1.86 bits per heavy atom. The molecule has 0 amide bonds. The van der Waals surface area contributed by atoms with Gasteiger partial charge in [-0.3, -0.25) is 10.1 Å². The lowest BCUT2D eigenvalue weighted by atomic mass is 10.1. The number of nitro benzene ring substituents is 1. The van der Waals surface area contributed by atoms with E-state index in [1.807, 2.05) is 0 Å². The van der Waals surface area contributed by atoms with Gasteiger partial charge in [0.2, 0.25) is 0 Å². The summed E-state index contributed by atoms with van der Waals surface area (Å²) in [7, 11) is 1.50. The summed E-state index contributed by atoms with van der Waals surface area (Å²) in [5, 5.41) is 14.7. The number of oxime groups is 1. The highest BCUT2D eigenvalue weighted by molar-refractivity contribution is 5.98. The lowest BCUT2D eigenvalue weighted by Gasteiger charge is -2.12. The van der Waals surface area contributed by atoms with E-state index in [-0.39, 0.29) is 25.5 Å². The summed E-state index contributed by atoms with van der Waals surface area (Å²) in [6.07, 6.45) is 0. The summed E-state index contributed by atoms with van der Waals surface area (Å²) in [6.45, 7) is 3.68. The Kier molecular flexibility index (Phi) is 7.96. The standard InChI is InChI=1S/C20H22N2O7/c1-4-27-20(23)13-28-19-11-16(7-10-18(19)26-3)14(2)21-29-12-15-5-8-17(9-6-15)22(24)25/h5-11H,4,12-13H2,1-3H3/b21-14+. The molecule has 0 aliphatic carbocycles. The van der Waals surface area contributed by atoms with E-state index in [2.05, 4.69) is 5.16 Å². The number of non-ortho nitro benzene ring substituents is 1. The molecule has 9 nitrogen and oxygen atoms in total. The Bertz CT molecular complexity index is 879. The molecular formula is C20H22N2O7. The quantitative estimate of drug-likeness (QED) is 0.259. The molecule has 0 aliphatic heterocycles. The molecule has 0 atom stereocenters. The third kappa shape index (κ3) is 6.49. The average Bonchev–Trinajstić information content (AvgIpc) is 2.72. The van der Waals surface area contributed by atoms with Crippen molar-refractivity contribution in [3.8, 4) is 11.5 Å². The summed E-state index contributed by atoms with van der Waals surface area (Å²) in [6, 6.07) is 11.2. The van der Waals surface area contributed by atoms with Crippen LogP contribution in [0.15, 0.2) is 47.6 Å². The van der Waals surface area contributed by atoms with Crippen molar-refractivity contribution in [2.45, 2.75) is 20.5 Å². The van der Waals surface area contributed by atoms with Crippen LogP contribution in [0.2, 0.25) is 0 Å². The van der Waals surface area contributed by atoms with Crippen LogP contribution in [-0.2, 0) is 21.0 Å². The first kappa shape index (κ1) is 21.7. The largest absolute Gasteiger partial charge is 0.493 e. The first-order valence-electron chi connectivity index (χ1n) is 8.81. The van der Waals surface area contributed by atoms with Crippen molar-refractivity contribution in [2.75, 3.05) is 20.3 Å². The maximum atomic E-state index is 11.5. The topological polar surface area (TPSA) is 109 Å². The highest BCUT2D eigenvalue weighted by atomic mass is 16.6. The number of rotatable bonds is 10. The van der Waals surface area contributed by atoms with E-state index in [1.54, 1.807) is 44.2 Å². The van der Waals surface area contributed by atoms with Crippen molar-refractivity contribution >= 4 is 17.4 Å². The van der Waals surface area contributed by atoms with Gasteiger partial charge in [0.15, 0.2) is 18.1 Å². The average molecular weight is 402 g/mol. The lowest BCUT2D eigenvalue weighted by Crippen LogP contribution is -2.15. The van der Waals surface area contributed by atoms with Crippen molar-refractivity contribution in [1.29, 1.82) is 0 Å². The van der Waals surface area contributed by atoms with Gasteiger partial charge in [-0.1, -0.05) is 5.16 Å². The van der Waals surface area contributed by atoms with Crippen molar-refractivity contribution in [3.63, 3.8) is 0 Å². The molecule has 0 fully saturated rings. The Labute approximate surface area is 168 Å². The zero-order chi connectivity index (χ0) is 21.2. The molecule has 0 saturated carbocycles. The maximum absolute atomic E-state index is 11.5. The minimum Gasteiger partial charge on any atom is -0.493 e. The molecule has 29 heavy (non-hydrogen) atoms. The van der Waals surface area contributed by atoms with Gasteiger partial charge in [0, 0.05) is 17.7 Å². The van der Waals surface area contributed by atoms with Gasteiger partial charge in [0.25, 0.3) is 5.69 Å². The number of carbonyl (C=O) groups excluding carboxylic acids is 1. The molecule has 0 bridgehead atoms. The Balaban J connectivity index is 2.02. The van der Waals surface area contributed by atoms with Crippen LogP contribution in [0.3, 0.4) is 0 Å². The third-order valence-electron chi connectivity index (χ3n) is 3.81. The molecule has 0 saturated heterocycles. The zero-order valence-electron chi connectivity index (χ0n) is 16.4. The van der Waals surface area contributed by atoms with Gasteiger partial charge in [-0.05, 0) is 49.7 Å². The molecule has 154 valence electrons. The van der Waals surface area contributed by atoms with E-state index >= 15 is 0 Å². The fourth-order valence-electron chi connectivity index (χ4n) is 2.32. The van der Waals surface area contributed by atoms with Crippen molar-refractivity contribution in [3.05, 3.63) is 63.7 Å². The van der Waals surface area contributed by atoms with E-state index in [0.29, 0.717) is 22.8 Å². The van der Waals surface area contributed by atoms with Crippen LogP contribution in [-0.4, -0.2) is 36.9 Å². The minimum atomic E-state index is -0.475. The number of nitrogens with zero attached hydrogens (tertiary/aromatic N) is 2. The first-order valence-corrected chi connectivity index (χ1v) is 8.81. The minimum absolute atomic E-state index is 0.0158. The molecule has 0 aromatic heterocycles. The second kappa shape index (κ2) is 10.6. The zero-order valence-corrected chi connectivity index (χ0v) is 16.4. The van der Waals surface area contributed by atoms with E-state index in [4.69, 9.17) is 19.0 Å². The molecule has 0 N–H and O–H groups in total. The Morgan fingerprint density at radius 3 is 2.48 bits per heavy atom. The number of hydrogen-bond donors (Lipinski definition) is 0. The van der Waals surface area contributed by atoms with Crippen LogP contribution in [0, 0.1) is 10.1 Å². The summed E-state index contributed by atoms with van der Waals surface area (Å²) in [5.41, 5.74) is 2.06. The lowest BCUT2D eigenvalue weighted by molar-refractivity contribution is -0.384. The number of methoxy groups -OCH3 is 1. The number of esters is 1. The predicted octanol–water partition coefficient (Wildman–Crippen LogP) is 3.49. The SMILES string of the molecule is CCOC(=O)COc1cc(/C(C)=N/OCc2ccc([N+](=O)[O-])cc2)ccc1OC. The van der Waals surface area contributed by atoms with Crippen molar-refractivity contribution in [1.82, 2.24) is 0 Å². The van der Waals surface area contributed by atoms with Gasteiger partial charge in [0.05, 0.1) is 24.4 Å². The van der Waals surface area contributed by atoms with E-state index in [9.17, 15) is 14.9 Å². The number of ether oxygens (including phenoxy) is 3. The molecule has 0 unspecified atom stereocenters. The van der Waals surface area contributed by atoms with E-state index in [1.165, 1.54) is 19.2 Å². The molecule has 0 heterocycles. The van der Waals surface area contributed by atoms with Crippen LogP contribution in [0.1, 0.15) is 25.0 Å². The van der Waals surface area contributed by atoms with Crippen LogP contribution in [0.25, 0.3) is 0 Å². The second-order valence-corrected chi connectivity index (χ2v) is 5.83. The summed E-state index contributed by atoms with van der Waals surface area (Å²) in [5.74, 6) is 0.373. The molecule has 0 radical (unpaired) electrons. The number of carbonyl (C=O) groups is 1. The van der Waals surface area contributed by atoms with Crippen molar-refractivity contribution in [2.24, 2.45) is 5.16 Å². The molecule has 2 aromatic carbocycles. The van der Waals surface area contributed by atoms with E-state index < -0.39 is 10.9 Å². The summed E-state index contributed by atoms with van der Waals surface area (Å²) < 4.78 is 15.6. The summed E-state index contributed by atoms with van der Waals surface area (Å²) in [4.78, 5) is 27.0. The highest BCUT2D eigenvalue weighted by Crippen LogP contribution is 2.28. The van der Waals surface area contributed by atoms with Crippen molar-refractivity contribution < 1.29 is 28.8 Å². The molecule has 0 aliphatic rings. The predicted molar refractivity (Wildman–Crippen MR) is 105 cm³/mol. The molecule has 2 aromatic rings. The second-order valence-electron chi connectivity index (χ2n) is 5.83. The maximum Gasteiger partial charge on any atom is 0.344 e. The molecule has 9 heteroatoms. The number of nitro groups is 1.